The zero-order valence-electron chi connectivity index (χ0n) is 26.5. The molecule has 2 amide bonds. The van der Waals surface area contributed by atoms with Gasteiger partial charge >= 0.3 is 0 Å². The SMILES string of the molecule is O=C1c2ccccc2C(=O)N1CCc1cn(CCOCCOc2ccc(-c3oc4ccccc4c(=O)c3OCc3ccccc3)cc2)nn1. The van der Waals surface area contributed by atoms with E-state index in [0.29, 0.717) is 77.6 Å². The van der Waals surface area contributed by atoms with Gasteiger partial charge in [-0.05, 0) is 54.1 Å². The van der Waals surface area contributed by atoms with Gasteiger partial charge in [-0.15, -0.1) is 5.10 Å². The van der Waals surface area contributed by atoms with Crippen molar-refractivity contribution in [3.63, 3.8) is 0 Å². The molecule has 4 aromatic carbocycles. The minimum Gasteiger partial charge on any atom is -0.491 e. The van der Waals surface area contributed by atoms with Crippen LogP contribution >= 0.6 is 0 Å². The summed E-state index contributed by atoms with van der Waals surface area (Å²) in [5.74, 6) is 0.592. The van der Waals surface area contributed by atoms with Crippen LogP contribution in [0.25, 0.3) is 22.3 Å². The van der Waals surface area contributed by atoms with E-state index >= 15 is 0 Å². The third-order valence-electron chi connectivity index (χ3n) is 8.12. The molecule has 0 aliphatic carbocycles. The van der Waals surface area contributed by atoms with Crippen LogP contribution in [0, 0.1) is 0 Å². The van der Waals surface area contributed by atoms with Crippen molar-refractivity contribution < 1.29 is 28.2 Å². The van der Waals surface area contributed by atoms with Crippen molar-refractivity contribution in [3.05, 3.63) is 142 Å². The maximum absolute atomic E-state index is 13.4. The molecule has 3 heterocycles. The van der Waals surface area contributed by atoms with E-state index in [1.54, 1.807) is 53.3 Å². The number of benzene rings is 4. The summed E-state index contributed by atoms with van der Waals surface area (Å²) in [5.41, 5.74) is 3.43. The quantitative estimate of drug-likeness (QED) is 0.109. The molecule has 2 aromatic heterocycles. The minimum absolute atomic E-state index is 0.159. The number of amides is 2. The van der Waals surface area contributed by atoms with E-state index in [-0.39, 0.29) is 36.1 Å². The van der Waals surface area contributed by atoms with Crippen molar-refractivity contribution in [1.29, 1.82) is 0 Å². The van der Waals surface area contributed by atoms with Gasteiger partial charge in [-0.1, -0.05) is 59.8 Å². The number of ether oxygens (including phenoxy) is 3. The monoisotopic (exact) mass is 656 g/mol. The standard InChI is InChI=1S/C38H32N4O7/c43-34-32-12-6-7-13-33(32)49-35(36(34)48-25-26-8-2-1-3-9-26)27-14-16-29(17-15-27)47-23-22-46-21-20-41-24-28(39-40-41)18-19-42-37(44)30-10-4-5-11-31(30)38(42)45/h1-17,24H,18-23,25H2. The van der Waals surface area contributed by atoms with Crippen LogP contribution in [0.3, 0.4) is 0 Å². The number of hydrogen-bond donors (Lipinski definition) is 0. The van der Waals surface area contributed by atoms with Gasteiger partial charge in [-0.3, -0.25) is 19.3 Å². The fraction of sp³-hybridized carbons (Fsp3) is 0.184. The molecule has 11 heteroatoms. The van der Waals surface area contributed by atoms with Crippen LogP contribution < -0.4 is 14.9 Å². The fourth-order valence-electron chi connectivity index (χ4n) is 5.59. The molecule has 0 saturated heterocycles. The Labute approximate surface area is 281 Å². The molecule has 1 aliphatic rings. The van der Waals surface area contributed by atoms with Crippen LogP contribution in [0.15, 0.2) is 119 Å². The number of carbonyl (C=O) groups is 2. The van der Waals surface area contributed by atoms with Crippen LogP contribution in [-0.4, -0.2) is 58.1 Å². The van der Waals surface area contributed by atoms with Gasteiger partial charge in [0.2, 0.25) is 11.2 Å². The first-order valence-corrected chi connectivity index (χ1v) is 15.9. The molecule has 6 aromatic rings. The van der Waals surface area contributed by atoms with E-state index in [9.17, 15) is 14.4 Å². The number of fused-ring (bicyclic) bond motifs is 2. The van der Waals surface area contributed by atoms with Gasteiger partial charge in [-0.2, -0.15) is 0 Å². The summed E-state index contributed by atoms with van der Waals surface area (Å²) in [7, 11) is 0. The molecule has 0 bridgehead atoms. The molecule has 7 rings (SSSR count). The zero-order valence-corrected chi connectivity index (χ0v) is 26.5. The maximum Gasteiger partial charge on any atom is 0.261 e. The first kappa shape index (κ1) is 31.5. The normalized spacial score (nSPS) is 12.4. The molecular weight excluding hydrogens is 624 g/mol. The van der Waals surface area contributed by atoms with E-state index in [2.05, 4.69) is 10.3 Å². The van der Waals surface area contributed by atoms with Crippen molar-refractivity contribution in [2.75, 3.05) is 26.4 Å². The predicted octanol–water partition coefficient (Wildman–Crippen LogP) is 5.56. The molecule has 0 atom stereocenters. The number of rotatable bonds is 14. The van der Waals surface area contributed by atoms with Crippen LogP contribution in [0.1, 0.15) is 32.0 Å². The van der Waals surface area contributed by atoms with Gasteiger partial charge < -0.3 is 18.6 Å². The zero-order chi connectivity index (χ0) is 33.6. The van der Waals surface area contributed by atoms with Crippen molar-refractivity contribution in [2.24, 2.45) is 0 Å². The summed E-state index contributed by atoms with van der Waals surface area (Å²) in [4.78, 5) is 39.8. The Kier molecular flexibility index (Phi) is 9.24. The predicted molar refractivity (Wildman–Crippen MR) is 181 cm³/mol. The lowest BCUT2D eigenvalue weighted by Gasteiger charge is -2.12. The number of carbonyl (C=O) groups excluding carboxylic acids is 2. The Hall–Kier alpha value is -6.07. The molecule has 11 nitrogen and oxygen atoms in total. The van der Waals surface area contributed by atoms with Gasteiger partial charge in [0.15, 0.2) is 5.76 Å². The lowest BCUT2D eigenvalue weighted by molar-refractivity contribution is 0.0655. The third-order valence-corrected chi connectivity index (χ3v) is 8.12. The molecule has 0 fully saturated rings. The average molecular weight is 657 g/mol. The maximum atomic E-state index is 13.4. The van der Waals surface area contributed by atoms with Crippen molar-refractivity contribution in [3.8, 4) is 22.8 Å². The van der Waals surface area contributed by atoms with Gasteiger partial charge in [0, 0.05) is 24.7 Å². The van der Waals surface area contributed by atoms with E-state index in [4.69, 9.17) is 18.6 Å². The van der Waals surface area contributed by atoms with Crippen molar-refractivity contribution in [1.82, 2.24) is 19.9 Å². The largest absolute Gasteiger partial charge is 0.491 e. The smallest absolute Gasteiger partial charge is 0.261 e. The minimum atomic E-state index is -0.281. The van der Waals surface area contributed by atoms with Gasteiger partial charge in [0.25, 0.3) is 11.8 Å². The Morgan fingerprint density at radius 1 is 0.694 bits per heavy atom. The van der Waals surface area contributed by atoms with Gasteiger partial charge in [0.1, 0.15) is 24.5 Å². The highest BCUT2D eigenvalue weighted by Gasteiger charge is 2.34. The fourth-order valence-corrected chi connectivity index (χ4v) is 5.59. The van der Waals surface area contributed by atoms with E-state index in [1.165, 1.54) is 4.90 Å². The van der Waals surface area contributed by atoms with Gasteiger partial charge in [0.05, 0.1) is 42.0 Å². The lowest BCUT2D eigenvalue weighted by atomic mass is 10.1. The summed E-state index contributed by atoms with van der Waals surface area (Å²) in [6, 6.07) is 30.9. The second-order valence-electron chi connectivity index (χ2n) is 11.4. The van der Waals surface area contributed by atoms with Crippen LogP contribution in [0.2, 0.25) is 0 Å². The van der Waals surface area contributed by atoms with Crippen LogP contribution in [-0.2, 0) is 24.3 Å². The van der Waals surface area contributed by atoms with E-state index < -0.39 is 0 Å². The van der Waals surface area contributed by atoms with Gasteiger partial charge in [-0.25, -0.2) is 4.68 Å². The van der Waals surface area contributed by atoms with E-state index in [1.807, 2.05) is 60.7 Å². The third kappa shape index (κ3) is 6.97. The molecule has 0 radical (unpaired) electrons. The molecule has 49 heavy (non-hydrogen) atoms. The summed E-state index contributed by atoms with van der Waals surface area (Å²) < 4.78 is 25.5. The van der Waals surface area contributed by atoms with Crippen molar-refractivity contribution >= 4 is 22.8 Å². The number of hydrogen-bond acceptors (Lipinski definition) is 9. The van der Waals surface area contributed by atoms with E-state index in [0.717, 1.165) is 5.56 Å². The topological polar surface area (TPSA) is 126 Å². The summed E-state index contributed by atoms with van der Waals surface area (Å²) >= 11 is 0. The summed E-state index contributed by atoms with van der Waals surface area (Å²) in [5, 5.41) is 8.74. The Balaban J connectivity index is 0.883. The molecule has 0 N–H and O–H groups in total. The summed E-state index contributed by atoms with van der Waals surface area (Å²) in [6.45, 7) is 2.05. The number of aromatic nitrogens is 3. The molecule has 246 valence electrons. The highest BCUT2D eigenvalue weighted by Crippen LogP contribution is 2.32. The average Bonchev–Trinajstić information content (AvgIpc) is 3.70. The van der Waals surface area contributed by atoms with Crippen molar-refractivity contribution in [2.45, 2.75) is 19.6 Å². The first-order chi connectivity index (χ1) is 24.0. The second kappa shape index (κ2) is 14.4. The molecular formula is C38H32N4O7. The van der Waals surface area contributed by atoms with Crippen LogP contribution in [0.4, 0.5) is 0 Å². The number of para-hydroxylation sites is 1. The molecule has 1 aliphatic heterocycles. The number of nitrogens with zero attached hydrogens (tertiary/aromatic N) is 4. The molecule has 0 unspecified atom stereocenters. The Morgan fingerprint density at radius 3 is 2.18 bits per heavy atom. The summed E-state index contributed by atoms with van der Waals surface area (Å²) in [6.07, 6.45) is 2.20. The highest BCUT2D eigenvalue weighted by molar-refractivity contribution is 6.21. The van der Waals surface area contributed by atoms with Crippen LogP contribution in [0.5, 0.6) is 11.5 Å². The molecule has 0 spiro atoms. The first-order valence-electron chi connectivity index (χ1n) is 15.9. The Morgan fingerprint density at radius 2 is 1.41 bits per heavy atom. The highest BCUT2D eigenvalue weighted by atomic mass is 16.5. The molecule has 0 saturated carbocycles. The second-order valence-corrected chi connectivity index (χ2v) is 11.4. The Bertz CT molecular complexity index is 2120. The number of imide groups is 1. The lowest BCUT2D eigenvalue weighted by Crippen LogP contribution is -2.31.